The Hall–Kier alpha value is -0.240. The van der Waals surface area contributed by atoms with Crippen molar-refractivity contribution in [3.8, 4) is 0 Å². The predicted molar refractivity (Wildman–Crippen MR) is 55.9 cm³/mol. The normalized spacial score (nSPS) is 14.6. The van der Waals surface area contributed by atoms with Crippen molar-refractivity contribution in [2.24, 2.45) is 5.73 Å². The fourth-order valence-electron chi connectivity index (χ4n) is 0.904. The van der Waals surface area contributed by atoms with Gasteiger partial charge in [0, 0.05) is 6.54 Å². The van der Waals surface area contributed by atoms with Crippen LogP contribution in [0.3, 0.4) is 0 Å². The number of hydrogen-bond donors (Lipinski definition) is 1. The molecule has 0 aliphatic heterocycles. The van der Waals surface area contributed by atoms with E-state index in [0.717, 1.165) is 5.56 Å². The van der Waals surface area contributed by atoms with E-state index in [9.17, 15) is 0 Å². The molecule has 0 saturated heterocycles. The van der Waals surface area contributed by atoms with Gasteiger partial charge in [0.25, 0.3) is 0 Å². The molecule has 0 aliphatic rings. The van der Waals surface area contributed by atoms with Crippen LogP contribution < -0.4 is 5.73 Å². The van der Waals surface area contributed by atoms with Crippen LogP contribution in [0, 0.1) is 0 Å². The average Bonchev–Trinajstić information content (AvgIpc) is 2.06. The lowest BCUT2D eigenvalue weighted by Gasteiger charge is -2.19. The maximum atomic E-state index is 6.12. The van der Waals surface area contributed by atoms with Crippen LogP contribution in [0.4, 0.5) is 0 Å². The number of rotatable bonds is 2. The van der Waals surface area contributed by atoms with Crippen molar-refractivity contribution in [3.63, 3.8) is 0 Å². The highest BCUT2D eigenvalue weighted by molar-refractivity contribution is 6.23. The molecule has 1 rings (SSSR count). The van der Waals surface area contributed by atoms with Crippen molar-refractivity contribution >= 4 is 24.0 Å². The molecule has 68 valence electrons. The van der Waals surface area contributed by atoms with Crippen LogP contribution in [0.1, 0.15) is 12.5 Å². The summed E-state index contributed by atoms with van der Waals surface area (Å²) in [6.45, 7) is 2.38. The van der Waals surface area contributed by atoms with E-state index in [-0.39, 0.29) is 12.4 Å². The molecule has 12 heavy (non-hydrogen) atoms. The average molecular weight is 206 g/mol. The van der Waals surface area contributed by atoms with Gasteiger partial charge < -0.3 is 5.73 Å². The maximum Gasteiger partial charge on any atom is 0.0788 e. The van der Waals surface area contributed by atoms with Crippen molar-refractivity contribution in [1.29, 1.82) is 0 Å². The number of hydrogen-bond acceptors (Lipinski definition) is 1. The smallest absolute Gasteiger partial charge is 0.0788 e. The molecule has 0 fully saturated rings. The van der Waals surface area contributed by atoms with Crippen molar-refractivity contribution in [2.75, 3.05) is 6.54 Å². The minimum atomic E-state index is -0.415. The molecular formula is C9H13Cl2N. The van der Waals surface area contributed by atoms with Gasteiger partial charge in [0.05, 0.1) is 4.87 Å². The van der Waals surface area contributed by atoms with E-state index in [0.29, 0.717) is 6.54 Å². The van der Waals surface area contributed by atoms with Gasteiger partial charge in [0.15, 0.2) is 0 Å². The summed E-state index contributed by atoms with van der Waals surface area (Å²) in [7, 11) is 0. The molecule has 2 N–H and O–H groups in total. The third kappa shape index (κ3) is 2.67. The molecule has 1 atom stereocenters. The van der Waals surface area contributed by atoms with Crippen LogP contribution in [0.5, 0.6) is 0 Å². The summed E-state index contributed by atoms with van der Waals surface area (Å²) in [4.78, 5) is -0.415. The largest absolute Gasteiger partial charge is 0.328 e. The van der Waals surface area contributed by atoms with E-state index in [1.54, 1.807) is 0 Å². The Morgan fingerprint density at radius 1 is 1.33 bits per heavy atom. The molecule has 0 aromatic heterocycles. The molecule has 0 amide bonds. The van der Waals surface area contributed by atoms with E-state index in [2.05, 4.69) is 0 Å². The third-order valence-electron chi connectivity index (χ3n) is 1.76. The molecule has 0 radical (unpaired) electrons. The first-order valence-electron chi connectivity index (χ1n) is 3.61. The Morgan fingerprint density at radius 2 is 1.83 bits per heavy atom. The standard InChI is InChI=1S/C9H12ClN.ClH/c1-9(10,7-11)8-5-3-2-4-6-8;/h2-6H,7,11H2,1H3;1H. The highest BCUT2D eigenvalue weighted by Crippen LogP contribution is 2.26. The second kappa shape index (κ2) is 4.70. The second-order valence-electron chi connectivity index (χ2n) is 2.77. The minimum absolute atomic E-state index is 0. The number of alkyl halides is 1. The van der Waals surface area contributed by atoms with Gasteiger partial charge in [-0.15, -0.1) is 24.0 Å². The van der Waals surface area contributed by atoms with Crippen LogP contribution in [0.25, 0.3) is 0 Å². The summed E-state index contributed by atoms with van der Waals surface area (Å²) in [5.41, 5.74) is 6.58. The van der Waals surface area contributed by atoms with Gasteiger partial charge in [0.1, 0.15) is 0 Å². The third-order valence-corrected chi connectivity index (χ3v) is 2.13. The summed E-state index contributed by atoms with van der Waals surface area (Å²) in [5, 5.41) is 0. The summed E-state index contributed by atoms with van der Waals surface area (Å²) >= 11 is 6.12. The quantitative estimate of drug-likeness (QED) is 0.739. The van der Waals surface area contributed by atoms with E-state index >= 15 is 0 Å². The summed E-state index contributed by atoms with van der Waals surface area (Å²) in [6, 6.07) is 9.87. The van der Waals surface area contributed by atoms with Crippen molar-refractivity contribution in [2.45, 2.75) is 11.8 Å². The molecule has 1 unspecified atom stereocenters. The lowest BCUT2D eigenvalue weighted by Crippen LogP contribution is -2.25. The van der Waals surface area contributed by atoms with Crippen LogP contribution in [-0.4, -0.2) is 6.54 Å². The maximum absolute atomic E-state index is 6.12. The van der Waals surface area contributed by atoms with Gasteiger partial charge >= 0.3 is 0 Å². The summed E-state index contributed by atoms with van der Waals surface area (Å²) in [5.74, 6) is 0. The Balaban J connectivity index is 0.00000121. The van der Waals surface area contributed by atoms with Gasteiger partial charge in [-0.3, -0.25) is 0 Å². The first kappa shape index (κ1) is 11.8. The topological polar surface area (TPSA) is 26.0 Å². The highest BCUT2D eigenvalue weighted by Gasteiger charge is 2.20. The zero-order chi connectivity index (χ0) is 8.32. The number of halogens is 2. The lowest BCUT2D eigenvalue weighted by atomic mass is 10.0. The van der Waals surface area contributed by atoms with Crippen molar-refractivity contribution in [3.05, 3.63) is 35.9 Å². The van der Waals surface area contributed by atoms with E-state index in [1.807, 2.05) is 37.3 Å². The van der Waals surface area contributed by atoms with E-state index in [4.69, 9.17) is 17.3 Å². The van der Waals surface area contributed by atoms with Crippen molar-refractivity contribution in [1.82, 2.24) is 0 Å². The zero-order valence-electron chi connectivity index (χ0n) is 6.96. The number of benzene rings is 1. The molecule has 3 heteroatoms. The zero-order valence-corrected chi connectivity index (χ0v) is 8.53. The molecule has 0 heterocycles. The SMILES string of the molecule is CC(Cl)(CN)c1ccccc1.Cl. The molecule has 1 aromatic carbocycles. The molecule has 1 aromatic rings. The van der Waals surface area contributed by atoms with Crippen LogP contribution >= 0.6 is 24.0 Å². The minimum Gasteiger partial charge on any atom is -0.328 e. The molecule has 0 aliphatic carbocycles. The van der Waals surface area contributed by atoms with Crippen LogP contribution in [-0.2, 0) is 4.87 Å². The lowest BCUT2D eigenvalue weighted by molar-refractivity contribution is 0.689. The Morgan fingerprint density at radius 3 is 2.25 bits per heavy atom. The Kier molecular flexibility index (Phi) is 4.61. The fraction of sp³-hybridized carbons (Fsp3) is 0.333. The number of nitrogens with two attached hydrogens (primary N) is 1. The molecule has 0 spiro atoms. The van der Waals surface area contributed by atoms with Gasteiger partial charge in [-0.1, -0.05) is 30.3 Å². The molecular weight excluding hydrogens is 193 g/mol. The monoisotopic (exact) mass is 205 g/mol. The fourth-order valence-corrected chi connectivity index (χ4v) is 1.03. The molecule has 0 saturated carbocycles. The molecule has 0 bridgehead atoms. The first-order chi connectivity index (χ1) is 5.17. The van der Waals surface area contributed by atoms with Gasteiger partial charge in [-0.05, 0) is 12.5 Å². The second-order valence-corrected chi connectivity index (χ2v) is 3.60. The summed E-state index contributed by atoms with van der Waals surface area (Å²) in [6.07, 6.45) is 0. The van der Waals surface area contributed by atoms with Gasteiger partial charge in [-0.25, -0.2) is 0 Å². The summed E-state index contributed by atoms with van der Waals surface area (Å²) < 4.78 is 0. The Bertz CT molecular complexity index is 221. The van der Waals surface area contributed by atoms with Crippen LogP contribution in [0.15, 0.2) is 30.3 Å². The predicted octanol–water partition coefficient (Wildman–Crippen LogP) is 2.52. The van der Waals surface area contributed by atoms with Gasteiger partial charge in [0.2, 0.25) is 0 Å². The van der Waals surface area contributed by atoms with E-state index in [1.165, 1.54) is 0 Å². The van der Waals surface area contributed by atoms with Gasteiger partial charge in [-0.2, -0.15) is 0 Å². The Labute approximate surface area is 84.3 Å². The van der Waals surface area contributed by atoms with E-state index < -0.39 is 4.87 Å². The highest BCUT2D eigenvalue weighted by atomic mass is 35.5. The van der Waals surface area contributed by atoms with Crippen LogP contribution in [0.2, 0.25) is 0 Å². The first-order valence-corrected chi connectivity index (χ1v) is 3.99. The van der Waals surface area contributed by atoms with Crippen molar-refractivity contribution < 1.29 is 0 Å². The molecule has 1 nitrogen and oxygen atoms in total.